The van der Waals surface area contributed by atoms with Crippen LogP contribution in [0.4, 0.5) is 0 Å². The minimum atomic E-state index is 0.0783. The van der Waals surface area contributed by atoms with E-state index in [1.807, 2.05) is 23.1 Å². The molecule has 2 saturated heterocycles. The lowest BCUT2D eigenvalue weighted by Crippen LogP contribution is -2.45. The summed E-state index contributed by atoms with van der Waals surface area (Å²) in [6.07, 6.45) is 2.93. The summed E-state index contributed by atoms with van der Waals surface area (Å²) in [5, 5.41) is 4.17. The average Bonchev–Trinajstić information content (AvgIpc) is 3.43. The number of benzene rings is 1. The maximum atomic E-state index is 12.4. The van der Waals surface area contributed by atoms with Crippen LogP contribution in [0.3, 0.4) is 0 Å². The number of rotatable bonds is 5. The Morgan fingerprint density at radius 3 is 3.00 bits per heavy atom. The third-order valence-corrected chi connectivity index (χ3v) is 5.76. The van der Waals surface area contributed by atoms with E-state index in [1.165, 1.54) is 0 Å². The van der Waals surface area contributed by atoms with E-state index < -0.39 is 0 Å². The molecule has 0 saturated carbocycles. The van der Waals surface area contributed by atoms with Crippen molar-refractivity contribution < 1.29 is 14.1 Å². The number of nitrogens with zero attached hydrogens (tertiary/aromatic N) is 5. The van der Waals surface area contributed by atoms with Crippen molar-refractivity contribution in [2.75, 3.05) is 45.9 Å². The van der Waals surface area contributed by atoms with Gasteiger partial charge in [-0.25, -0.2) is 4.98 Å². The van der Waals surface area contributed by atoms with Gasteiger partial charge in [0.1, 0.15) is 0 Å². The summed E-state index contributed by atoms with van der Waals surface area (Å²) < 4.78 is 11.0. The van der Waals surface area contributed by atoms with Crippen LogP contribution in [0.15, 0.2) is 29.0 Å². The summed E-state index contributed by atoms with van der Waals surface area (Å²) >= 11 is 0. The fraction of sp³-hybridized carbons (Fsp3) is 0.500. The lowest BCUT2D eigenvalue weighted by molar-refractivity contribution is -0.134. The fourth-order valence-electron chi connectivity index (χ4n) is 4.01. The summed E-state index contributed by atoms with van der Waals surface area (Å²) in [6.45, 7) is 5.63. The molecule has 1 amide bonds. The number of piperidine rings is 1. The van der Waals surface area contributed by atoms with Gasteiger partial charge in [-0.05, 0) is 24.6 Å². The third-order valence-electron chi connectivity index (χ3n) is 5.76. The number of hydrogen-bond donors (Lipinski definition) is 1. The number of aromatic nitrogens is 4. The fourth-order valence-corrected chi connectivity index (χ4v) is 4.01. The smallest absolute Gasteiger partial charge is 0.231 e. The number of imidazole rings is 1. The van der Waals surface area contributed by atoms with Crippen molar-refractivity contribution in [1.82, 2.24) is 29.9 Å². The van der Waals surface area contributed by atoms with E-state index in [-0.39, 0.29) is 11.8 Å². The van der Waals surface area contributed by atoms with Crippen LogP contribution in [0.25, 0.3) is 22.4 Å². The third kappa shape index (κ3) is 3.88. The summed E-state index contributed by atoms with van der Waals surface area (Å²) in [4.78, 5) is 28.6. The molecule has 29 heavy (non-hydrogen) atoms. The molecule has 9 heteroatoms. The second-order valence-corrected chi connectivity index (χ2v) is 7.62. The van der Waals surface area contributed by atoms with E-state index in [2.05, 4.69) is 25.0 Å². The van der Waals surface area contributed by atoms with Crippen molar-refractivity contribution in [2.24, 2.45) is 0 Å². The van der Waals surface area contributed by atoms with Gasteiger partial charge in [0.05, 0.1) is 36.5 Å². The molecule has 0 aliphatic carbocycles. The lowest BCUT2D eigenvalue weighted by Gasteiger charge is -2.34. The highest BCUT2D eigenvalue weighted by Crippen LogP contribution is 2.28. The molecule has 152 valence electrons. The Hall–Kier alpha value is -2.78. The zero-order chi connectivity index (χ0) is 19.6. The predicted octanol–water partition coefficient (Wildman–Crippen LogP) is 1.65. The van der Waals surface area contributed by atoms with Crippen LogP contribution in [-0.2, 0) is 9.53 Å². The summed E-state index contributed by atoms with van der Waals surface area (Å²) in [5.74, 6) is 1.45. The first-order chi connectivity index (χ1) is 14.3. The summed E-state index contributed by atoms with van der Waals surface area (Å²) in [7, 11) is 0. The molecule has 2 aliphatic rings. The van der Waals surface area contributed by atoms with Crippen molar-refractivity contribution in [2.45, 2.75) is 18.8 Å². The minimum Gasteiger partial charge on any atom is -0.379 e. The number of amides is 1. The molecule has 1 aromatic carbocycles. The van der Waals surface area contributed by atoms with Gasteiger partial charge >= 0.3 is 0 Å². The van der Waals surface area contributed by atoms with Gasteiger partial charge in [-0.2, -0.15) is 4.98 Å². The molecule has 0 bridgehead atoms. The van der Waals surface area contributed by atoms with Crippen LogP contribution in [0, 0.1) is 0 Å². The lowest BCUT2D eigenvalue weighted by atomic mass is 9.97. The Labute approximate surface area is 168 Å². The largest absolute Gasteiger partial charge is 0.379 e. The quantitative estimate of drug-likeness (QED) is 0.700. The highest BCUT2D eigenvalue weighted by atomic mass is 16.5. The van der Waals surface area contributed by atoms with Gasteiger partial charge < -0.3 is 19.1 Å². The van der Waals surface area contributed by atoms with Crippen molar-refractivity contribution >= 4 is 16.9 Å². The normalized spacial score (nSPS) is 21.2. The molecule has 0 spiro atoms. The molecule has 2 fully saturated rings. The summed E-state index contributed by atoms with van der Waals surface area (Å²) in [6, 6.07) is 5.84. The molecular formula is C20H24N6O3. The van der Waals surface area contributed by atoms with E-state index in [0.717, 1.165) is 62.4 Å². The Kier molecular flexibility index (Phi) is 4.99. The standard InChI is InChI=1S/C20H24N6O3/c27-18-4-2-15(12-26(18)6-5-25-7-9-28-10-8-25)20-23-19(24-29-20)14-1-3-16-17(11-14)22-13-21-16/h1,3,11,13,15H,2,4-10,12H2,(H,21,22). The Bertz CT molecular complexity index is 993. The van der Waals surface area contributed by atoms with Crippen LogP contribution in [0.1, 0.15) is 24.7 Å². The number of fused-ring (bicyclic) bond motifs is 1. The SMILES string of the molecule is O=C1CCC(c2nc(-c3ccc4nc[nH]c4c3)no2)CN1CCN1CCOCC1. The maximum Gasteiger partial charge on any atom is 0.231 e. The second-order valence-electron chi connectivity index (χ2n) is 7.62. The molecule has 4 heterocycles. The van der Waals surface area contributed by atoms with Crippen LogP contribution >= 0.6 is 0 Å². The van der Waals surface area contributed by atoms with Gasteiger partial charge in [-0.15, -0.1) is 0 Å². The van der Waals surface area contributed by atoms with Gasteiger partial charge in [0.15, 0.2) is 0 Å². The number of hydrogen-bond acceptors (Lipinski definition) is 7. The highest BCUT2D eigenvalue weighted by molar-refractivity contribution is 5.80. The molecular weight excluding hydrogens is 372 g/mol. The van der Waals surface area contributed by atoms with E-state index in [0.29, 0.717) is 24.7 Å². The van der Waals surface area contributed by atoms with E-state index in [4.69, 9.17) is 9.26 Å². The molecule has 5 rings (SSSR count). The first-order valence-corrected chi connectivity index (χ1v) is 10.1. The molecule has 1 unspecified atom stereocenters. The van der Waals surface area contributed by atoms with Gasteiger partial charge in [0.2, 0.25) is 17.6 Å². The van der Waals surface area contributed by atoms with Crippen molar-refractivity contribution in [3.63, 3.8) is 0 Å². The molecule has 2 aliphatic heterocycles. The average molecular weight is 396 g/mol. The Morgan fingerprint density at radius 1 is 1.21 bits per heavy atom. The number of aromatic amines is 1. The molecule has 3 aromatic rings. The molecule has 1 atom stereocenters. The minimum absolute atomic E-state index is 0.0783. The number of ether oxygens (including phenoxy) is 1. The number of carbonyl (C=O) groups is 1. The van der Waals surface area contributed by atoms with E-state index in [9.17, 15) is 4.79 Å². The Morgan fingerprint density at radius 2 is 2.10 bits per heavy atom. The predicted molar refractivity (Wildman–Crippen MR) is 105 cm³/mol. The summed E-state index contributed by atoms with van der Waals surface area (Å²) in [5.41, 5.74) is 2.72. The van der Waals surface area contributed by atoms with Crippen LogP contribution < -0.4 is 0 Å². The maximum absolute atomic E-state index is 12.4. The van der Waals surface area contributed by atoms with Gasteiger partial charge in [-0.3, -0.25) is 9.69 Å². The van der Waals surface area contributed by atoms with E-state index in [1.54, 1.807) is 6.33 Å². The number of likely N-dealkylation sites (tertiary alicyclic amines) is 1. The number of morpholine rings is 1. The zero-order valence-electron chi connectivity index (χ0n) is 16.2. The van der Waals surface area contributed by atoms with Gasteiger partial charge in [0.25, 0.3) is 0 Å². The van der Waals surface area contributed by atoms with Crippen LogP contribution in [-0.4, -0.2) is 81.8 Å². The number of H-pyrrole nitrogens is 1. The van der Waals surface area contributed by atoms with E-state index >= 15 is 0 Å². The van der Waals surface area contributed by atoms with Crippen molar-refractivity contribution in [3.05, 3.63) is 30.4 Å². The van der Waals surface area contributed by atoms with Gasteiger partial charge in [0, 0.05) is 44.7 Å². The number of nitrogens with one attached hydrogen (secondary N) is 1. The van der Waals surface area contributed by atoms with Crippen LogP contribution in [0.2, 0.25) is 0 Å². The molecule has 2 aromatic heterocycles. The van der Waals surface area contributed by atoms with Gasteiger partial charge in [-0.1, -0.05) is 5.16 Å². The van der Waals surface area contributed by atoms with Crippen molar-refractivity contribution in [1.29, 1.82) is 0 Å². The first-order valence-electron chi connectivity index (χ1n) is 10.1. The zero-order valence-corrected chi connectivity index (χ0v) is 16.2. The first kappa shape index (κ1) is 18.3. The highest BCUT2D eigenvalue weighted by Gasteiger charge is 2.30. The second kappa shape index (κ2) is 7.92. The number of carbonyl (C=O) groups excluding carboxylic acids is 1. The topological polar surface area (TPSA) is 100 Å². The Balaban J connectivity index is 1.26. The molecule has 0 radical (unpaired) electrons. The molecule has 1 N–H and O–H groups in total. The van der Waals surface area contributed by atoms with Crippen LogP contribution in [0.5, 0.6) is 0 Å². The van der Waals surface area contributed by atoms with Crippen molar-refractivity contribution in [3.8, 4) is 11.4 Å². The monoisotopic (exact) mass is 396 g/mol. The molecule has 9 nitrogen and oxygen atoms in total.